The third-order valence-corrected chi connectivity index (χ3v) is 5.06. The number of carboxylic acids is 1. The lowest BCUT2D eigenvalue weighted by atomic mass is 9.82. The molecule has 0 amide bonds. The summed E-state index contributed by atoms with van der Waals surface area (Å²) in [7, 11) is 0. The van der Waals surface area contributed by atoms with Crippen molar-refractivity contribution in [1.82, 2.24) is 0 Å². The minimum atomic E-state index is -1.02. The molecule has 23 heavy (non-hydrogen) atoms. The largest absolute Gasteiger partial charge is 0.475 e. The molecule has 1 aromatic heterocycles. The van der Waals surface area contributed by atoms with Gasteiger partial charge in [0, 0.05) is 6.42 Å². The van der Waals surface area contributed by atoms with Crippen LogP contribution < -0.4 is 0 Å². The Morgan fingerprint density at radius 2 is 1.74 bits per heavy atom. The van der Waals surface area contributed by atoms with Gasteiger partial charge in [-0.15, -0.1) is 0 Å². The summed E-state index contributed by atoms with van der Waals surface area (Å²) in [5, 5.41) is 8.98. The van der Waals surface area contributed by atoms with E-state index in [0.717, 1.165) is 6.42 Å². The maximum atomic E-state index is 10.9. The third kappa shape index (κ3) is 2.69. The zero-order valence-electron chi connectivity index (χ0n) is 14.5. The highest BCUT2D eigenvalue weighted by Crippen LogP contribution is 2.50. The van der Waals surface area contributed by atoms with Crippen LogP contribution in [-0.4, -0.2) is 11.1 Å². The van der Waals surface area contributed by atoms with Crippen LogP contribution in [0.2, 0.25) is 0 Å². The van der Waals surface area contributed by atoms with Gasteiger partial charge in [-0.1, -0.05) is 39.8 Å². The normalized spacial score (nSPS) is 18.0. The average molecular weight is 312 g/mol. The Morgan fingerprint density at radius 1 is 1.13 bits per heavy atom. The molecule has 0 fully saturated rings. The highest BCUT2D eigenvalue weighted by Gasteiger charge is 2.42. The molecular formula is C20H24O3. The number of carboxylic acid groups (broad SMARTS) is 1. The zero-order valence-corrected chi connectivity index (χ0v) is 14.5. The van der Waals surface area contributed by atoms with Gasteiger partial charge in [0.25, 0.3) is 0 Å². The number of hydrogen-bond acceptors (Lipinski definition) is 2. The lowest BCUT2D eigenvalue weighted by Crippen LogP contribution is -2.18. The Hall–Kier alpha value is -2.03. The summed E-state index contributed by atoms with van der Waals surface area (Å²) < 4.78 is 5.42. The summed E-state index contributed by atoms with van der Waals surface area (Å²) in [5.41, 5.74) is 5.66. The van der Waals surface area contributed by atoms with Gasteiger partial charge in [-0.25, -0.2) is 4.79 Å². The van der Waals surface area contributed by atoms with E-state index < -0.39 is 5.97 Å². The molecule has 122 valence electrons. The summed E-state index contributed by atoms with van der Waals surface area (Å²) in [6.07, 6.45) is 1.77. The van der Waals surface area contributed by atoms with Crippen molar-refractivity contribution in [2.45, 2.75) is 58.3 Å². The first-order valence-corrected chi connectivity index (χ1v) is 8.07. The standard InChI is InChI=1S/C20H24O3/c1-12-8-15-16(20(4,5)11-19(15,2)3)10-13(12)9-14-6-7-17(23-14)18(21)22/h6-8,10H,9,11H2,1-5H3,(H,21,22). The van der Waals surface area contributed by atoms with Crippen molar-refractivity contribution in [1.29, 1.82) is 0 Å². The first-order valence-electron chi connectivity index (χ1n) is 8.07. The first-order chi connectivity index (χ1) is 10.6. The van der Waals surface area contributed by atoms with Crippen molar-refractivity contribution in [3.05, 3.63) is 58.0 Å². The molecule has 0 unspecified atom stereocenters. The molecular weight excluding hydrogens is 288 g/mol. The van der Waals surface area contributed by atoms with Crippen LogP contribution in [0, 0.1) is 6.92 Å². The fourth-order valence-corrected chi connectivity index (χ4v) is 4.13. The highest BCUT2D eigenvalue weighted by molar-refractivity contribution is 5.84. The van der Waals surface area contributed by atoms with E-state index in [0.29, 0.717) is 12.2 Å². The third-order valence-electron chi connectivity index (χ3n) is 5.06. The van der Waals surface area contributed by atoms with Gasteiger partial charge in [0.1, 0.15) is 5.76 Å². The van der Waals surface area contributed by atoms with Crippen LogP contribution in [0.1, 0.15) is 72.7 Å². The van der Waals surface area contributed by atoms with Gasteiger partial charge in [-0.2, -0.15) is 0 Å². The molecule has 1 aromatic carbocycles. The van der Waals surface area contributed by atoms with E-state index in [2.05, 4.69) is 46.8 Å². The maximum absolute atomic E-state index is 10.9. The Bertz CT molecular complexity index is 778. The number of carbonyl (C=O) groups is 1. The molecule has 3 heteroatoms. The quantitative estimate of drug-likeness (QED) is 0.882. The SMILES string of the molecule is Cc1cc2c(cc1Cc1ccc(C(=O)O)o1)C(C)(C)CC2(C)C. The van der Waals surface area contributed by atoms with Gasteiger partial charge in [-0.3, -0.25) is 0 Å². The summed E-state index contributed by atoms with van der Waals surface area (Å²) in [6.45, 7) is 11.3. The summed E-state index contributed by atoms with van der Waals surface area (Å²) in [5.74, 6) is -0.328. The molecule has 0 atom stereocenters. The fraction of sp³-hybridized carbons (Fsp3) is 0.450. The highest BCUT2D eigenvalue weighted by atomic mass is 16.4. The van der Waals surface area contributed by atoms with Crippen molar-refractivity contribution in [3.63, 3.8) is 0 Å². The minimum Gasteiger partial charge on any atom is -0.475 e. The predicted octanol–water partition coefficient (Wildman–Crippen LogP) is 4.84. The van der Waals surface area contributed by atoms with Crippen LogP contribution in [0.5, 0.6) is 0 Å². The van der Waals surface area contributed by atoms with Crippen molar-refractivity contribution < 1.29 is 14.3 Å². The van der Waals surface area contributed by atoms with Gasteiger partial charge in [0.05, 0.1) is 0 Å². The van der Waals surface area contributed by atoms with Gasteiger partial charge >= 0.3 is 5.97 Å². The summed E-state index contributed by atoms with van der Waals surface area (Å²) in [6, 6.07) is 7.88. The zero-order chi connectivity index (χ0) is 17.0. The fourth-order valence-electron chi connectivity index (χ4n) is 4.13. The number of rotatable bonds is 3. The van der Waals surface area contributed by atoms with Gasteiger partial charge < -0.3 is 9.52 Å². The molecule has 0 radical (unpaired) electrons. The molecule has 0 spiro atoms. The number of furan rings is 1. The van der Waals surface area contributed by atoms with E-state index in [1.807, 2.05) is 0 Å². The predicted molar refractivity (Wildman–Crippen MR) is 90.3 cm³/mol. The second kappa shape index (κ2) is 4.98. The van der Waals surface area contributed by atoms with Gasteiger partial charge in [0.2, 0.25) is 5.76 Å². The lowest BCUT2D eigenvalue weighted by molar-refractivity contribution is 0.0660. The monoisotopic (exact) mass is 312 g/mol. The average Bonchev–Trinajstić information content (AvgIpc) is 2.93. The molecule has 0 saturated heterocycles. The topological polar surface area (TPSA) is 50.4 Å². The molecule has 1 heterocycles. The number of fused-ring (bicyclic) bond motifs is 1. The summed E-state index contributed by atoms with van der Waals surface area (Å²) >= 11 is 0. The first kappa shape index (κ1) is 15.9. The molecule has 2 aromatic rings. The van der Waals surface area contributed by atoms with E-state index in [4.69, 9.17) is 9.52 Å². The van der Waals surface area contributed by atoms with E-state index >= 15 is 0 Å². The Labute approximate surface area is 137 Å². The van der Waals surface area contributed by atoms with Crippen LogP contribution >= 0.6 is 0 Å². The van der Waals surface area contributed by atoms with Crippen molar-refractivity contribution >= 4 is 5.97 Å². The molecule has 0 aliphatic heterocycles. The molecule has 3 nitrogen and oxygen atoms in total. The molecule has 1 aliphatic rings. The molecule has 3 rings (SSSR count). The van der Waals surface area contributed by atoms with Gasteiger partial charge in [0.15, 0.2) is 0 Å². The van der Waals surface area contributed by atoms with E-state index in [1.165, 1.54) is 28.3 Å². The number of hydrogen-bond donors (Lipinski definition) is 1. The molecule has 1 aliphatic carbocycles. The van der Waals surface area contributed by atoms with Gasteiger partial charge in [-0.05, 0) is 58.6 Å². The Balaban J connectivity index is 2.00. The van der Waals surface area contributed by atoms with E-state index in [9.17, 15) is 4.79 Å². The second-order valence-electron chi connectivity index (χ2n) is 8.02. The van der Waals surface area contributed by atoms with Crippen LogP contribution in [0.15, 0.2) is 28.7 Å². The van der Waals surface area contributed by atoms with Crippen molar-refractivity contribution in [2.75, 3.05) is 0 Å². The van der Waals surface area contributed by atoms with E-state index in [1.54, 1.807) is 6.07 Å². The molecule has 0 bridgehead atoms. The van der Waals surface area contributed by atoms with Crippen LogP contribution in [0.4, 0.5) is 0 Å². The van der Waals surface area contributed by atoms with Crippen LogP contribution in [-0.2, 0) is 17.3 Å². The number of benzene rings is 1. The van der Waals surface area contributed by atoms with E-state index in [-0.39, 0.29) is 16.6 Å². The second-order valence-corrected chi connectivity index (χ2v) is 8.02. The number of aryl methyl sites for hydroxylation is 1. The van der Waals surface area contributed by atoms with Crippen LogP contribution in [0.25, 0.3) is 0 Å². The number of aromatic carboxylic acids is 1. The van der Waals surface area contributed by atoms with Crippen molar-refractivity contribution in [2.24, 2.45) is 0 Å². The smallest absolute Gasteiger partial charge is 0.371 e. The van der Waals surface area contributed by atoms with Crippen LogP contribution in [0.3, 0.4) is 0 Å². The molecule has 0 saturated carbocycles. The molecule has 1 N–H and O–H groups in total. The minimum absolute atomic E-state index is 0.000256. The Morgan fingerprint density at radius 3 is 2.30 bits per heavy atom. The van der Waals surface area contributed by atoms with Crippen molar-refractivity contribution in [3.8, 4) is 0 Å². The maximum Gasteiger partial charge on any atom is 0.371 e. The lowest BCUT2D eigenvalue weighted by Gasteiger charge is -2.22. The Kier molecular flexibility index (Phi) is 3.44. The summed E-state index contributed by atoms with van der Waals surface area (Å²) in [4.78, 5) is 10.9.